The minimum Gasteiger partial charge on any atom is -0.342 e. The molecule has 0 saturated carbocycles. The molecule has 0 unspecified atom stereocenters. The van der Waals surface area contributed by atoms with E-state index in [-0.39, 0.29) is 5.69 Å². The lowest BCUT2D eigenvalue weighted by Crippen LogP contribution is -2.30. The minimum atomic E-state index is -4.59. The van der Waals surface area contributed by atoms with Crippen molar-refractivity contribution in [3.8, 4) is 0 Å². The molecular formula is C15H19F3N6OS. The third kappa shape index (κ3) is 3.97. The Morgan fingerprint density at radius 3 is 2.62 bits per heavy atom. The molecule has 0 radical (unpaired) electrons. The van der Waals surface area contributed by atoms with Gasteiger partial charge in [-0.2, -0.15) is 22.6 Å². The van der Waals surface area contributed by atoms with Gasteiger partial charge in [0.1, 0.15) is 10.7 Å². The van der Waals surface area contributed by atoms with Gasteiger partial charge in [0.2, 0.25) is 5.95 Å². The van der Waals surface area contributed by atoms with E-state index in [0.29, 0.717) is 11.0 Å². The van der Waals surface area contributed by atoms with Crippen LogP contribution in [0.5, 0.6) is 0 Å². The first kappa shape index (κ1) is 18.6. The number of hydrogen-bond donors (Lipinski definition) is 1. The van der Waals surface area contributed by atoms with Gasteiger partial charge in [-0.15, -0.1) is 0 Å². The molecule has 1 fully saturated rings. The fourth-order valence-corrected chi connectivity index (χ4v) is 3.45. The third-order valence-corrected chi connectivity index (χ3v) is 5.08. The number of aryl methyl sites for hydroxylation is 1. The van der Waals surface area contributed by atoms with Crippen LogP contribution in [0.4, 0.5) is 19.1 Å². The molecule has 1 N–H and O–H groups in total. The van der Waals surface area contributed by atoms with Crippen molar-refractivity contribution in [3.63, 3.8) is 0 Å². The Hall–Kier alpha value is -2.17. The van der Waals surface area contributed by atoms with Gasteiger partial charge >= 0.3 is 6.18 Å². The highest BCUT2D eigenvalue weighted by molar-refractivity contribution is 7.05. The fourth-order valence-electron chi connectivity index (χ4n) is 2.78. The number of halogens is 3. The number of anilines is 1. The monoisotopic (exact) mass is 388 g/mol. The van der Waals surface area contributed by atoms with Crippen LogP contribution in [0.15, 0.2) is 6.07 Å². The predicted octanol–water partition coefficient (Wildman–Crippen LogP) is 2.77. The molecule has 1 atom stereocenters. The Morgan fingerprint density at radius 1 is 1.31 bits per heavy atom. The van der Waals surface area contributed by atoms with E-state index in [4.69, 9.17) is 0 Å². The molecule has 3 heterocycles. The van der Waals surface area contributed by atoms with Crippen molar-refractivity contribution in [2.75, 3.05) is 18.0 Å². The van der Waals surface area contributed by atoms with Crippen LogP contribution in [-0.4, -0.2) is 38.1 Å². The number of alkyl halides is 3. The number of aromatic nitrogens is 4. The van der Waals surface area contributed by atoms with Crippen molar-refractivity contribution in [1.82, 2.24) is 24.5 Å². The van der Waals surface area contributed by atoms with Crippen LogP contribution in [0.2, 0.25) is 0 Å². The highest BCUT2D eigenvalue weighted by Gasteiger charge is 2.35. The molecule has 0 aromatic carbocycles. The van der Waals surface area contributed by atoms with Crippen molar-refractivity contribution >= 4 is 23.4 Å². The van der Waals surface area contributed by atoms with Gasteiger partial charge in [0, 0.05) is 26.2 Å². The standard InChI is InChI=1S/C15H19F3N6OS/c1-9(13-20-14(22-26-13)24-6-4-3-5-7-24)19-12(25)10-8-11(15(16,17)18)21-23(10)2/h8-9H,3-7H2,1-2H3,(H,19,25)/t9-/m0/s1. The summed E-state index contributed by atoms with van der Waals surface area (Å²) in [6.07, 6.45) is -1.19. The Morgan fingerprint density at radius 2 is 2.00 bits per heavy atom. The fraction of sp³-hybridized carbons (Fsp3) is 0.600. The number of amides is 1. The highest BCUT2D eigenvalue weighted by Crippen LogP contribution is 2.28. The van der Waals surface area contributed by atoms with Crippen LogP contribution in [-0.2, 0) is 13.2 Å². The van der Waals surface area contributed by atoms with Crippen molar-refractivity contribution in [1.29, 1.82) is 0 Å². The van der Waals surface area contributed by atoms with Gasteiger partial charge in [-0.1, -0.05) is 0 Å². The van der Waals surface area contributed by atoms with Crippen LogP contribution in [0.25, 0.3) is 0 Å². The summed E-state index contributed by atoms with van der Waals surface area (Å²) in [4.78, 5) is 18.9. The summed E-state index contributed by atoms with van der Waals surface area (Å²) in [5.74, 6) is 0.00316. The molecule has 0 aliphatic carbocycles. The first-order valence-electron chi connectivity index (χ1n) is 8.26. The lowest BCUT2D eigenvalue weighted by molar-refractivity contribution is -0.141. The second kappa shape index (κ2) is 7.22. The van der Waals surface area contributed by atoms with Crippen LogP contribution < -0.4 is 10.2 Å². The van der Waals surface area contributed by atoms with Gasteiger partial charge in [0.15, 0.2) is 5.69 Å². The van der Waals surface area contributed by atoms with Gasteiger partial charge < -0.3 is 10.2 Å². The van der Waals surface area contributed by atoms with E-state index in [0.717, 1.165) is 36.7 Å². The summed E-state index contributed by atoms with van der Waals surface area (Å²) in [7, 11) is 1.30. The Labute approximate surface area is 152 Å². The number of nitrogens with one attached hydrogen (secondary N) is 1. The second-order valence-electron chi connectivity index (χ2n) is 6.21. The number of nitrogens with zero attached hydrogens (tertiary/aromatic N) is 5. The number of hydrogen-bond acceptors (Lipinski definition) is 6. The molecule has 2 aromatic rings. The molecule has 7 nitrogen and oxygen atoms in total. The van der Waals surface area contributed by atoms with Crippen LogP contribution in [0, 0.1) is 0 Å². The number of rotatable bonds is 4. The van der Waals surface area contributed by atoms with E-state index in [9.17, 15) is 18.0 Å². The van der Waals surface area contributed by atoms with E-state index in [2.05, 4.69) is 24.7 Å². The molecule has 1 amide bonds. The van der Waals surface area contributed by atoms with E-state index < -0.39 is 23.8 Å². The summed E-state index contributed by atoms with van der Waals surface area (Å²) in [6.45, 7) is 3.54. The molecule has 1 saturated heterocycles. The second-order valence-corrected chi connectivity index (χ2v) is 7.00. The summed E-state index contributed by atoms with van der Waals surface area (Å²) in [6, 6.07) is 0.268. The van der Waals surface area contributed by atoms with E-state index >= 15 is 0 Å². The van der Waals surface area contributed by atoms with Gasteiger partial charge in [0.25, 0.3) is 5.91 Å². The summed E-state index contributed by atoms with van der Waals surface area (Å²) >= 11 is 1.18. The maximum Gasteiger partial charge on any atom is 0.435 e. The lowest BCUT2D eigenvalue weighted by Gasteiger charge is -2.25. The largest absolute Gasteiger partial charge is 0.435 e. The molecule has 2 aromatic heterocycles. The topological polar surface area (TPSA) is 75.9 Å². The first-order valence-corrected chi connectivity index (χ1v) is 9.03. The molecule has 11 heteroatoms. The zero-order valence-electron chi connectivity index (χ0n) is 14.4. The lowest BCUT2D eigenvalue weighted by atomic mass is 10.1. The summed E-state index contributed by atoms with van der Waals surface area (Å²) in [5, 5.41) is 6.61. The molecule has 3 rings (SSSR count). The zero-order chi connectivity index (χ0) is 18.9. The number of carbonyl (C=O) groups excluding carboxylic acids is 1. The molecular weight excluding hydrogens is 369 g/mol. The van der Waals surface area contributed by atoms with Crippen molar-refractivity contribution < 1.29 is 18.0 Å². The number of carbonyl (C=O) groups is 1. The average Bonchev–Trinajstić information content (AvgIpc) is 3.22. The van der Waals surface area contributed by atoms with E-state index in [1.54, 1.807) is 6.92 Å². The molecule has 1 aliphatic heterocycles. The Kier molecular flexibility index (Phi) is 5.17. The highest BCUT2D eigenvalue weighted by atomic mass is 32.1. The van der Waals surface area contributed by atoms with Gasteiger partial charge in [-0.3, -0.25) is 9.48 Å². The third-order valence-electron chi connectivity index (χ3n) is 4.19. The van der Waals surface area contributed by atoms with Crippen LogP contribution in [0.1, 0.15) is 53.4 Å². The minimum absolute atomic E-state index is 0.162. The summed E-state index contributed by atoms with van der Waals surface area (Å²) < 4.78 is 43.4. The maximum atomic E-state index is 12.7. The first-order chi connectivity index (χ1) is 12.3. The van der Waals surface area contributed by atoms with Crippen molar-refractivity contribution in [2.24, 2.45) is 7.05 Å². The SMILES string of the molecule is C[C@H](NC(=O)c1cc(C(F)(F)F)nn1C)c1nc(N2CCCCC2)ns1. The zero-order valence-corrected chi connectivity index (χ0v) is 15.2. The molecule has 26 heavy (non-hydrogen) atoms. The predicted molar refractivity (Wildman–Crippen MR) is 90.1 cm³/mol. The van der Waals surface area contributed by atoms with Gasteiger partial charge in [-0.25, -0.2) is 4.98 Å². The smallest absolute Gasteiger partial charge is 0.342 e. The Balaban J connectivity index is 1.68. The molecule has 1 aliphatic rings. The number of piperidine rings is 1. The maximum absolute atomic E-state index is 12.7. The van der Waals surface area contributed by atoms with E-state index in [1.807, 2.05) is 0 Å². The molecule has 0 spiro atoms. The van der Waals surface area contributed by atoms with Gasteiger partial charge in [0.05, 0.1) is 6.04 Å². The molecule has 0 bridgehead atoms. The summed E-state index contributed by atoms with van der Waals surface area (Å²) in [5.41, 5.74) is -1.26. The van der Waals surface area contributed by atoms with Crippen LogP contribution >= 0.6 is 11.5 Å². The quantitative estimate of drug-likeness (QED) is 0.872. The Bertz CT molecular complexity index is 781. The van der Waals surface area contributed by atoms with Crippen molar-refractivity contribution in [3.05, 3.63) is 22.5 Å². The average molecular weight is 388 g/mol. The normalized spacial score (nSPS) is 16.6. The van der Waals surface area contributed by atoms with Crippen molar-refractivity contribution in [2.45, 2.75) is 38.4 Å². The van der Waals surface area contributed by atoms with E-state index in [1.165, 1.54) is 25.0 Å². The van der Waals surface area contributed by atoms with Crippen LogP contribution in [0.3, 0.4) is 0 Å². The molecule has 142 valence electrons. The van der Waals surface area contributed by atoms with Gasteiger partial charge in [-0.05, 0) is 37.7 Å².